The van der Waals surface area contributed by atoms with E-state index in [-0.39, 0.29) is 0 Å². The molecule has 0 amide bonds. The van der Waals surface area contributed by atoms with Crippen molar-refractivity contribution in [2.75, 3.05) is 31.1 Å². The van der Waals surface area contributed by atoms with Crippen molar-refractivity contribution in [2.24, 2.45) is 0 Å². The van der Waals surface area contributed by atoms with Crippen molar-refractivity contribution < 1.29 is 0 Å². The molecule has 1 fully saturated rings. The molecule has 3 rings (SSSR count). The number of piperazine rings is 1. The van der Waals surface area contributed by atoms with Gasteiger partial charge in [0.2, 0.25) is 5.13 Å². The molecule has 0 atom stereocenters. The number of aromatic nitrogens is 3. The smallest absolute Gasteiger partial charge is 0.208 e. The van der Waals surface area contributed by atoms with E-state index < -0.39 is 0 Å². The van der Waals surface area contributed by atoms with Gasteiger partial charge in [0, 0.05) is 38.9 Å². The molecule has 0 bridgehead atoms. The maximum absolute atomic E-state index is 4.38. The molecule has 19 heavy (non-hydrogen) atoms. The summed E-state index contributed by atoms with van der Waals surface area (Å²) < 4.78 is 0. The molecule has 3 heterocycles. The van der Waals surface area contributed by atoms with E-state index in [9.17, 15) is 0 Å². The third kappa shape index (κ3) is 3.08. The van der Waals surface area contributed by atoms with Gasteiger partial charge in [-0.1, -0.05) is 17.4 Å². The average molecular weight is 275 g/mol. The van der Waals surface area contributed by atoms with Gasteiger partial charge < -0.3 is 4.90 Å². The predicted molar refractivity (Wildman–Crippen MR) is 76.4 cm³/mol. The van der Waals surface area contributed by atoms with E-state index in [0.717, 1.165) is 48.6 Å². The van der Waals surface area contributed by atoms with Crippen molar-refractivity contribution in [2.45, 2.75) is 13.5 Å². The van der Waals surface area contributed by atoms with Gasteiger partial charge in [-0.2, -0.15) is 0 Å². The minimum absolute atomic E-state index is 0.934. The molecule has 0 spiro atoms. The van der Waals surface area contributed by atoms with Crippen LogP contribution in [0.1, 0.15) is 10.7 Å². The lowest BCUT2D eigenvalue weighted by Crippen LogP contribution is -2.46. The Labute approximate surface area is 116 Å². The molecular weight excluding hydrogens is 258 g/mol. The normalized spacial score (nSPS) is 16.8. The van der Waals surface area contributed by atoms with Crippen LogP contribution in [-0.4, -0.2) is 46.3 Å². The number of pyridine rings is 1. The van der Waals surface area contributed by atoms with Crippen LogP contribution in [0.3, 0.4) is 0 Å². The summed E-state index contributed by atoms with van der Waals surface area (Å²) in [4.78, 5) is 9.13. The summed E-state index contributed by atoms with van der Waals surface area (Å²) in [6.07, 6.45) is 1.86. The molecule has 100 valence electrons. The molecule has 5 nitrogen and oxygen atoms in total. The molecule has 6 heteroatoms. The summed E-state index contributed by atoms with van der Waals surface area (Å²) in [5.41, 5.74) is 1.14. The van der Waals surface area contributed by atoms with Gasteiger partial charge >= 0.3 is 0 Å². The fraction of sp³-hybridized carbons (Fsp3) is 0.462. The van der Waals surface area contributed by atoms with E-state index in [0.29, 0.717) is 0 Å². The number of aryl methyl sites for hydroxylation is 1. The highest BCUT2D eigenvalue weighted by molar-refractivity contribution is 7.15. The Balaban J connectivity index is 1.55. The lowest BCUT2D eigenvalue weighted by Gasteiger charge is -2.34. The Morgan fingerprint density at radius 3 is 2.63 bits per heavy atom. The minimum Gasteiger partial charge on any atom is -0.344 e. The zero-order valence-corrected chi connectivity index (χ0v) is 11.8. The number of nitrogens with zero attached hydrogens (tertiary/aromatic N) is 5. The molecule has 0 saturated carbocycles. The topological polar surface area (TPSA) is 45.2 Å². The largest absolute Gasteiger partial charge is 0.344 e. The van der Waals surface area contributed by atoms with E-state index in [1.165, 1.54) is 0 Å². The molecule has 0 aromatic carbocycles. The third-order valence-corrected chi connectivity index (χ3v) is 4.17. The average Bonchev–Trinajstić information content (AvgIpc) is 2.87. The molecule has 2 aromatic rings. The molecule has 0 unspecified atom stereocenters. The first-order valence-electron chi connectivity index (χ1n) is 6.48. The summed E-state index contributed by atoms with van der Waals surface area (Å²) in [5.74, 6) is 0. The van der Waals surface area contributed by atoms with Crippen molar-refractivity contribution in [3.63, 3.8) is 0 Å². The SMILES string of the molecule is Cc1nnc(N2CCN(Cc3ccccn3)CC2)s1. The van der Waals surface area contributed by atoms with Crippen LogP contribution in [0.5, 0.6) is 0 Å². The van der Waals surface area contributed by atoms with Gasteiger partial charge in [-0.25, -0.2) is 0 Å². The Hall–Kier alpha value is -1.53. The molecule has 1 aliphatic heterocycles. The summed E-state index contributed by atoms with van der Waals surface area (Å²) in [6.45, 7) is 7.07. The van der Waals surface area contributed by atoms with Crippen LogP contribution in [0.15, 0.2) is 24.4 Å². The predicted octanol–water partition coefficient (Wildman–Crippen LogP) is 1.56. The molecular formula is C13H17N5S. The van der Waals surface area contributed by atoms with Crippen molar-refractivity contribution in [1.29, 1.82) is 0 Å². The quantitative estimate of drug-likeness (QED) is 0.850. The van der Waals surface area contributed by atoms with Gasteiger partial charge in [0.15, 0.2) is 0 Å². The van der Waals surface area contributed by atoms with E-state index in [1.54, 1.807) is 11.3 Å². The number of hydrogen-bond acceptors (Lipinski definition) is 6. The molecule has 0 N–H and O–H groups in total. The van der Waals surface area contributed by atoms with E-state index in [1.807, 2.05) is 25.3 Å². The molecule has 0 radical (unpaired) electrons. The Morgan fingerprint density at radius 2 is 2.00 bits per heavy atom. The minimum atomic E-state index is 0.934. The second kappa shape index (κ2) is 5.63. The maximum Gasteiger partial charge on any atom is 0.208 e. The van der Waals surface area contributed by atoms with Crippen LogP contribution >= 0.6 is 11.3 Å². The van der Waals surface area contributed by atoms with Gasteiger partial charge in [-0.3, -0.25) is 9.88 Å². The van der Waals surface area contributed by atoms with Crippen LogP contribution in [0.25, 0.3) is 0 Å². The summed E-state index contributed by atoms with van der Waals surface area (Å²) in [6, 6.07) is 6.09. The zero-order valence-electron chi connectivity index (χ0n) is 11.0. The first kappa shape index (κ1) is 12.5. The van der Waals surface area contributed by atoms with Crippen molar-refractivity contribution in [3.8, 4) is 0 Å². The molecule has 0 aliphatic carbocycles. The third-order valence-electron chi connectivity index (χ3n) is 3.27. The Kier molecular flexibility index (Phi) is 3.70. The highest BCUT2D eigenvalue weighted by Crippen LogP contribution is 2.21. The zero-order chi connectivity index (χ0) is 13.1. The van der Waals surface area contributed by atoms with Crippen LogP contribution in [0, 0.1) is 6.92 Å². The van der Waals surface area contributed by atoms with Crippen LogP contribution in [0.2, 0.25) is 0 Å². The monoisotopic (exact) mass is 275 g/mol. The van der Waals surface area contributed by atoms with Crippen molar-refractivity contribution in [3.05, 3.63) is 35.1 Å². The van der Waals surface area contributed by atoms with Gasteiger partial charge in [0.1, 0.15) is 5.01 Å². The summed E-state index contributed by atoms with van der Waals surface area (Å²) >= 11 is 1.67. The maximum atomic E-state index is 4.38. The molecule has 1 saturated heterocycles. The lowest BCUT2D eigenvalue weighted by atomic mass is 10.3. The Morgan fingerprint density at radius 1 is 1.16 bits per heavy atom. The summed E-state index contributed by atoms with van der Waals surface area (Å²) in [7, 11) is 0. The van der Waals surface area contributed by atoms with Gasteiger partial charge in [-0.05, 0) is 19.1 Å². The highest BCUT2D eigenvalue weighted by Gasteiger charge is 2.19. The number of anilines is 1. The number of hydrogen-bond donors (Lipinski definition) is 0. The van der Waals surface area contributed by atoms with Crippen LogP contribution in [0.4, 0.5) is 5.13 Å². The van der Waals surface area contributed by atoms with E-state index in [2.05, 4.69) is 31.0 Å². The van der Waals surface area contributed by atoms with Gasteiger partial charge in [-0.15, -0.1) is 10.2 Å². The first-order chi connectivity index (χ1) is 9.31. The molecule has 2 aromatic heterocycles. The second-order valence-corrected chi connectivity index (χ2v) is 5.85. The first-order valence-corrected chi connectivity index (χ1v) is 7.30. The van der Waals surface area contributed by atoms with E-state index >= 15 is 0 Å². The number of rotatable bonds is 3. The second-order valence-electron chi connectivity index (χ2n) is 4.69. The van der Waals surface area contributed by atoms with E-state index in [4.69, 9.17) is 0 Å². The Bertz CT molecular complexity index is 519. The fourth-order valence-electron chi connectivity index (χ4n) is 2.23. The van der Waals surface area contributed by atoms with Gasteiger partial charge in [0.05, 0.1) is 5.69 Å². The summed E-state index contributed by atoms with van der Waals surface area (Å²) in [5, 5.41) is 10.4. The molecule has 1 aliphatic rings. The van der Waals surface area contributed by atoms with Crippen molar-refractivity contribution in [1.82, 2.24) is 20.1 Å². The van der Waals surface area contributed by atoms with Crippen LogP contribution in [-0.2, 0) is 6.54 Å². The highest BCUT2D eigenvalue weighted by atomic mass is 32.1. The van der Waals surface area contributed by atoms with Crippen LogP contribution < -0.4 is 4.90 Å². The van der Waals surface area contributed by atoms with Crippen molar-refractivity contribution >= 4 is 16.5 Å². The lowest BCUT2D eigenvalue weighted by molar-refractivity contribution is 0.247. The fourth-order valence-corrected chi connectivity index (χ4v) is 2.97. The standard InChI is InChI=1S/C13H17N5S/c1-11-15-16-13(19-11)18-8-6-17(7-9-18)10-12-4-2-3-5-14-12/h2-5H,6-10H2,1H3. The van der Waals surface area contributed by atoms with Gasteiger partial charge in [0.25, 0.3) is 0 Å².